The summed E-state index contributed by atoms with van der Waals surface area (Å²) in [6, 6.07) is 10.6. The van der Waals surface area contributed by atoms with Crippen molar-refractivity contribution < 1.29 is 9.66 Å². The maximum absolute atomic E-state index is 10.8. The van der Waals surface area contributed by atoms with Gasteiger partial charge in [-0.25, -0.2) is 0 Å². The molecule has 26 heavy (non-hydrogen) atoms. The third kappa shape index (κ3) is 4.54. The van der Waals surface area contributed by atoms with Gasteiger partial charge in [0, 0.05) is 45.9 Å². The second-order valence-electron chi connectivity index (χ2n) is 5.32. The number of H-pyrrole nitrogens is 1. The quantitative estimate of drug-likeness (QED) is 0.406. The first-order chi connectivity index (χ1) is 12.6. The van der Waals surface area contributed by atoms with Crippen molar-refractivity contribution in [3.63, 3.8) is 0 Å². The number of aromatic nitrogens is 1. The number of fused-ring (bicyclic) bond motifs is 1. The predicted octanol–water partition coefficient (Wildman–Crippen LogP) is 5.53. The molecule has 0 saturated heterocycles. The Balaban J connectivity index is 0.00000117. The minimum atomic E-state index is -0.409. The minimum Gasteiger partial charge on any atom is -0.497 e. The molecule has 138 valence electrons. The maximum atomic E-state index is 10.8. The summed E-state index contributed by atoms with van der Waals surface area (Å²) in [6.07, 6.45) is 2.81. The molecule has 7 heteroatoms. The molecule has 0 unspecified atom stereocenters. The number of nitro groups is 1. The van der Waals surface area contributed by atoms with Gasteiger partial charge in [0.15, 0.2) is 0 Å². The van der Waals surface area contributed by atoms with Crippen LogP contribution in [0.1, 0.15) is 19.4 Å². The van der Waals surface area contributed by atoms with Gasteiger partial charge in [0.1, 0.15) is 5.75 Å². The Bertz CT molecular complexity index is 893. The second kappa shape index (κ2) is 9.24. The number of methoxy groups -OCH3 is 1. The number of hydrogen-bond donors (Lipinski definition) is 2. The van der Waals surface area contributed by atoms with E-state index in [0.29, 0.717) is 11.0 Å². The number of non-ortho nitro benzene ring substituents is 1. The average molecular weight is 420 g/mol. The van der Waals surface area contributed by atoms with Gasteiger partial charge < -0.3 is 15.0 Å². The van der Waals surface area contributed by atoms with Crippen molar-refractivity contribution in [3.05, 3.63) is 62.7 Å². The Labute approximate surface area is 160 Å². The van der Waals surface area contributed by atoms with Crippen LogP contribution in [-0.4, -0.2) is 23.6 Å². The van der Waals surface area contributed by atoms with Crippen molar-refractivity contribution in [1.82, 2.24) is 4.98 Å². The lowest BCUT2D eigenvalue weighted by Crippen LogP contribution is -2.05. The minimum absolute atomic E-state index is 0.0659. The number of ether oxygens (including phenoxy) is 1. The maximum Gasteiger partial charge on any atom is 0.270 e. The first kappa shape index (κ1) is 19.8. The summed E-state index contributed by atoms with van der Waals surface area (Å²) in [4.78, 5) is 13.6. The lowest BCUT2D eigenvalue weighted by molar-refractivity contribution is -0.384. The highest BCUT2D eigenvalue weighted by Crippen LogP contribution is 2.28. The summed E-state index contributed by atoms with van der Waals surface area (Å²) < 4.78 is 5.95. The number of nitrogens with zero attached hydrogens (tertiary/aromatic N) is 1. The van der Waals surface area contributed by atoms with E-state index in [1.165, 1.54) is 17.7 Å². The van der Waals surface area contributed by atoms with Gasteiger partial charge in [-0.2, -0.15) is 0 Å². The van der Waals surface area contributed by atoms with Crippen molar-refractivity contribution in [2.45, 2.75) is 20.3 Å². The fourth-order valence-corrected chi connectivity index (χ4v) is 3.09. The Kier molecular flexibility index (Phi) is 7.03. The highest BCUT2D eigenvalue weighted by atomic mass is 79.9. The molecule has 0 aliphatic rings. The second-order valence-corrected chi connectivity index (χ2v) is 6.18. The molecule has 0 radical (unpaired) electrons. The molecule has 0 saturated carbocycles. The number of anilines is 1. The van der Waals surface area contributed by atoms with E-state index in [1.807, 2.05) is 38.2 Å². The Morgan fingerprint density at radius 2 is 2.00 bits per heavy atom. The fraction of sp³-hybridized carbons (Fsp3) is 0.263. The van der Waals surface area contributed by atoms with Crippen LogP contribution < -0.4 is 10.1 Å². The van der Waals surface area contributed by atoms with Crippen LogP contribution in [0, 0.1) is 10.1 Å². The molecular formula is C19H22BrN3O3. The van der Waals surface area contributed by atoms with Crippen LogP contribution in [0.4, 0.5) is 11.4 Å². The average Bonchev–Trinajstić information content (AvgIpc) is 3.06. The van der Waals surface area contributed by atoms with Crippen molar-refractivity contribution in [2.75, 3.05) is 19.0 Å². The number of halogens is 1. The first-order valence-corrected chi connectivity index (χ1v) is 9.19. The van der Waals surface area contributed by atoms with E-state index in [-0.39, 0.29) is 5.69 Å². The highest BCUT2D eigenvalue weighted by Gasteiger charge is 2.09. The molecule has 0 atom stereocenters. The number of aromatic amines is 1. The van der Waals surface area contributed by atoms with Crippen molar-refractivity contribution in [3.8, 4) is 5.75 Å². The zero-order valence-electron chi connectivity index (χ0n) is 15.0. The van der Waals surface area contributed by atoms with Crippen molar-refractivity contribution in [1.29, 1.82) is 0 Å². The molecule has 2 N–H and O–H groups in total. The van der Waals surface area contributed by atoms with Crippen LogP contribution in [0.5, 0.6) is 5.75 Å². The SMILES string of the molecule is CC.COc1ccc2[nH]cc(CCNc3ccc([N+](=O)[O-])cc3Br)c2c1. The zero-order valence-corrected chi connectivity index (χ0v) is 16.6. The third-order valence-electron chi connectivity index (χ3n) is 3.85. The number of nitrogens with one attached hydrogen (secondary N) is 2. The topological polar surface area (TPSA) is 80.2 Å². The molecule has 2 aromatic carbocycles. The lowest BCUT2D eigenvalue weighted by Gasteiger charge is -2.08. The van der Waals surface area contributed by atoms with Gasteiger partial charge in [-0.15, -0.1) is 0 Å². The van der Waals surface area contributed by atoms with Gasteiger partial charge in [0.05, 0.1) is 12.0 Å². The highest BCUT2D eigenvalue weighted by molar-refractivity contribution is 9.10. The normalized spacial score (nSPS) is 10.2. The first-order valence-electron chi connectivity index (χ1n) is 8.40. The number of nitro benzene ring substituents is 1. The zero-order chi connectivity index (χ0) is 19.1. The number of benzene rings is 2. The van der Waals surface area contributed by atoms with E-state index in [1.54, 1.807) is 13.2 Å². The van der Waals surface area contributed by atoms with E-state index >= 15 is 0 Å². The van der Waals surface area contributed by atoms with E-state index in [4.69, 9.17) is 4.74 Å². The monoisotopic (exact) mass is 419 g/mol. The van der Waals surface area contributed by atoms with Gasteiger partial charge >= 0.3 is 0 Å². The molecule has 0 amide bonds. The van der Waals surface area contributed by atoms with Crippen molar-refractivity contribution >= 4 is 38.2 Å². The van der Waals surface area contributed by atoms with E-state index in [2.05, 4.69) is 26.2 Å². The summed E-state index contributed by atoms with van der Waals surface area (Å²) in [6.45, 7) is 4.71. The predicted molar refractivity (Wildman–Crippen MR) is 109 cm³/mol. The van der Waals surface area contributed by atoms with E-state index in [0.717, 1.165) is 28.8 Å². The summed E-state index contributed by atoms with van der Waals surface area (Å²) in [5.74, 6) is 0.828. The summed E-state index contributed by atoms with van der Waals surface area (Å²) in [5.41, 5.74) is 3.16. The van der Waals surface area contributed by atoms with Crippen LogP contribution in [0.3, 0.4) is 0 Å². The molecular weight excluding hydrogens is 398 g/mol. The molecule has 0 bridgehead atoms. The van der Waals surface area contributed by atoms with E-state index < -0.39 is 4.92 Å². The molecule has 1 aromatic heterocycles. The third-order valence-corrected chi connectivity index (χ3v) is 4.50. The van der Waals surface area contributed by atoms with Crippen LogP contribution >= 0.6 is 15.9 Å². The van der Waals surface area contributed by atoms with Crippen LogP contribution in [0.25, 0.3) is 10.9 Å². The Hall–Kier alpha value is -2.54. The molecule has 0 aliphatic carbocycles. The van der Waals surface area contributed by atoms with Crippen LogP contribution in [0.2, 0.25) is 0 Å². The molecule has 6 nitrogen and oxygen atoms in total. The molecule has 0 spiro atoms. The van der Waals surface area contributed by atoms with Gasteiger partial charge in [0.25, 0.3) is 5.69 Å². The molecule has 3 rings (SSSR count). The smallest absolute Gasteiger partial charge is 0.270 e. The van der Waals surface area contributed by atoms with Crippen LogP contribution in [0.15, 0.2) is 47.1 Å². The van der Waals surface area contributed by atoms with Gasteiger partial charge in [-0.1, -0.05) is 13.8 Å². The number of hydrogen-bond acceptors (Lipinski definition) is 4. The summed E-state index contributed by atoms with van der Waals surface area (Å²) >= 11 is 3.36. The standard InChI is InChI=1S/C17H16BrN3O3.C2H6/c1-24-13-3-5-16-14(9-13)11(10-20-16)6-7-19-17-4-2-12(21(22)23)8-15(17)18;1-2/h2-5,8-10,19-20H,6-7H2,1H3;1-2H3. The van der Waals surface area contributed by atoms with Crippen LogP contribution in [-0.2, 0) is 6.42 Å². The largest absolute Gasteiger partial charge is 0.497 e. The summed E-state index contributed by atoms with van der Waals surface area (Å²) in [5, 5.41) is 15.2. The van der Waals surface area contributed by atoms with Crippen molar-refractivity contribution in [2.24, 2.45) is 0 Å². The Morgan fingerprint density at radius 1 is 1.23 bits per heavy atom. The molecule has 1 heterocycles. The van der Waals surface area contributed by atoms with Gasteiger partial charge in [-0.3, -0.25) is 10.1 Å². The molecule has 3 aromatic rings. The molecule has 0 aliphatic heterocycles. The van der Waals surface area contributed by atoms with E-state index in [9.17, 15) is 10.1 Å². The fourth-order valence-electron chi connectivity index (χ4n) is 2.58. The summed E-state index contributed by atoms with van der Waals surface area (Å²) in [7, 11) is 1.65. The molecule has 0 fully saturated rings. The van der Waals surface area contributed by atoms with Gasteiger partial charge in [-0.05, 0) is 52.2 Å². The van der Waals surface area contributed by atoms with Gasteiger partial charge in [0.2, 0.25) is 0 Å². The number of rotatable bonds is 6. The Morgan fingerprint density at radius 3 is 2.65 bits per heavy atom. The lowest BCUT2D eigenvalue weighted by atomic mass is 10.1.